The summed E-state index contributed by atoms with van der Waals surface area (Å²) in [5.41, 5.74) is 0.308. The van der Waals surface area contributed by atoms with E-state index in [2.05, 4.69) is 10.2 Å². The summed E-state index contributed by atoms with van der Waals surface area (Å²) < 4.78 is 0. The van der Waals surface area contributed by atoms with Crippen LogP contribution in [0, 0.1) is 23.2 Å². The molecule has 0 radical (unpaired) electrons. The average molecular weight is 197 g/mol. The van der Waals surface area contributed by atoms with E-state index in [0.29, 0.717) is 5.41 Å². The molecule has 4 aliphatic carbocycles. The molecule has 5 aliphatic rings. The lowest BCUT2D eigenvalue weighted by molar-refractivity contribution is 0.172. The summed E-state index contributed by atoms with van der Waals surface area (Å²) in [5.74, 6) is 2.77. The van der Waals surface area contributed by atoms with Gasteiger partial charge in [0.25, 0.3) is 5.12 Å². The van der Waals surface area contributed by atoms with Crippen LogP contribution in [-0.2, 0) is 0 Å². The van der Waals surface area contributed by atoms with Crippen LogP contribution in [0.15, 0.2) is 10.2 Å². The summed E-state index contributed by atoms with van der Waals surface area (Å²) in [6, 6.07) is 0. The quantitative estimate of drug-likeness (QED) is 0.455. The Bertz CT molecular complexity index is 292. The molecule has 0 N–H and O–H groups in total. The van der Waals surface area contributed by atoms with Crippen LogP contribution in [0.1, 0.15) is 32.1 Å². The van der Waals surface area contributed by atoms with Gasteiger partial charge in [-0.25, -0.2) is 0 Å². The number of alkyl halides is 1. The third-order valence-corrected chi connectivity index (χ3v) is 5.43. The molecule has 1 aliphatic heterocycles. The third-order valence-electron chi connectivity index (χ3n) is 4.90. The molecule has 0 spiro atoms. The first-order valence-electron chi connectivity index (χ1n) is 5.35. The first-order valence-corrected chi connectivity index (χ1v) is 5.73. The van der Waals surface area contributed by atoms with Crippen molar-refractivity contribution in [2.24, 2.45) is 33.4 Å². The first-order chi connectivity index (χ1) is 6.22. The van der Waals surface area contributed by atoms with Gasteiger partial charge in [-0.3, -0.25) is 0 Å². The van der Waals surface area contributed by atoms with Gasteiger partial charge in [0, 0.05) is 5.41 Å². The van der Waals surface area contributed by atoms with Gasteiger partial charge >= 0.3 is 0 Å². The lowest BCUT2D eigenvalue weighted by atomic mass is 9.74. The Morgan fingerprint density at radius 2 is 1.62 bits per heavy atom. The molecule has 2 atom stereocenters. The number of halogens is 1. The van der Waals surface area contributed by atoms with Crippen LogP contribution >= 0.6 is 11.6 Å². The minimum Gasteiger partial charge on any atom is -0.140 e. The molecule has 1 heterocycles. The fourth-order valence-electron chi connectivity index (χ4n) is 4.56. The zero-order chi connectivity index (χ0) is 8.68. The van der Waals surface area contributed by atoms with Crippen LogP contribution in [-0.4, -0.2) is 5.12 Å². The maximum Gasteiger partial charge on any atom is 0.269 e. The fourth-order valence-corrected chi connectivity index (χ4v) is 4.91. The van der Waals surface area contributed by atoms with Gasteiger partial charge in [-0.2, -0.15) is 0 Å². The normalized spacial score (nSPS) is 59.0. The summed E-state index contributed by atoms with van der Waals surface area (Å²) in [5, 5.41) is 7.73. The number of hydrogen-bond donors (Lipinski definition) is 0. The van der Waals surface area contributed by atoms with E-state index in [0.717, 1.165) is 17.8 Å². The van der Waals surface area contributed by atoms with Crippen molar-refractivity contribution in [2.45, 2.75) is 37.2 Å². The van der Waals surface area contributed by atoms with Crippen molar-refractivity contribution in [2.75, 3.05) is 0 Å². The van der Waals surface area contributed by atoms with Gasteiger partial charge in [0.15, 0.2) is 0 Å². The molecule has 2 nitrogen and oxygen atoms in total. The SMILES string of the molecule is ClC1(C23CC4CC(CC2C4)C3)N=N1. The van der Waals surface area contributed by atoms with Gasteiger partial charge in [0.1, 0.15) is 0 Å². The molecule has 4 saturated carbocycles. The monoisotopic (exact) mass is 196 g/mol. The van der Waals surface area contributed by atoms with E-state index in [1.807, 2.05) is 0 Å². The van der Waals surface area contributed by atoms with Gasteiger partial charge in [-0.1, -0.05) is 11.6 Å². The molecule has 0 aromatic rings. The van der Waals surface area contributed by atoms with E-state index in [1.165, 1.54) is 32.1 Å². The van der Waals surface area contributed by atoms with Crippen LogP contribution in [0.4, 0.5) is 0 Å². The van der Waals surface area contributed by atoms with Crippen LogP contribution in [0.5, 0.6) is 0 Å². The maximum atomic E-state index is 6.39. The maximum absolute atomic E-state index is 6.39. The lowest BCUT2D eigenvalue weighted by Gasteiger charge is -2.33. The highest BCUT2D eigenvalue weighted by atomic mass is 35.5. The summed E-state index contributed by atoms with van der Waals surface area (Å²) in [6.07, 6.45) is 6.91. The number of hydrogen-bond acceptors (Lipinski definition) is 2. The van der Waals surface area contributed by atoms with E-state index < -0.39 is 5.12 Å². The Morgan fingerprint density at radius 3 is 2.15 bits per heavy atom. The van der Waals surface area contributed by atoms with Gasteiger partial charge in [0.2, 0.25) is 0 Å². The van der Waals surface area contributed by atoms with Crippen molar-refractivity contribution in [1.82, 2.24) is 0 Å². The second-order valence-electron chi connectivity index (χ2n) is 5.49. The molecule has 0 amide bonds. The van der Waals surface area contributed by atoms with Gasteiger partial charge < -0.3 is 0 Å². The standard InChI is InChI=1S/C10H13ClN2/c11-10(12-13-10)9-4-6-1-7(5-9)3-8(9)2-6/h6-8H,1-5H2. The highest BCUT2D eigenvalue weighted by Crippen LogP contribution is 2.73. The van der Waals surface area contributed by atoms with E-state index >= 15 is 0 Å². The Kier molecular flexibility index (Phi) is 1.01. The molecular formula is C10H13ClN2. The van der Waals surface area contributed by atoms with Gasteiger partial charge in [-0.15, -0.1) is 10.2 Å². The van der Waals surface area contributed by atoms with Crippen LogP contribution in [0.3, 0.4) is 0 Å². The van der Waals surface area contributed by atoms with E-state index in [4.69, 9.17) is 11.6 Å². The molecule has 13 heavy (non-hydrogen) atoms. The van der Waals surface area contributed by atoms with Crippen molar-refractivity contribution >= 4 is 11.6 Å². The minimum absolute atomic E-state index is 0.308. The van der Waals surface area contributed by atoms with Crippen molar-refractivity contribution in [3.05, 3.63) is 0 Å². The molecule has 0 saturated heterocycles. The fraction of sp³-hybridized carbons (Fsp3) is 1.00. The molecule has 4 fully saturated rings. The smallest absolute Gasteiger partial charge is 0.140 e. The topological polar surface area (TPSA) is 24.7 Å². The molecule has 4 bridgehead atoms. The van der Waals surface area contributed by atoms with Crippen molar-refractivity contribution in [1.29, 1.82) is 0 Å². The Morgan fingerprint density at radius 1 is 1.00 bits per heavy atom. The zero-order valence-corrected chi connectivity index (χ0v) is 8.30. The summed E-state index contributed by atoms with van der Waals surface area (Å²) in [6.45, 7) is 0. The molecule has 3 heteroatoms. The molecule has 5 rings (SSSR count). The van der Waals surface area contributed by atoms with Crippen molar-refractivity contribution < 1.29 is 0 Å². The minimum atomic E-state index is -0.457. The molecule has 2 unspecified atom stereocenters. The second-order valence-corrected chi connectivity index (χ2v) is 6.01. The van der Waals surface area contributed by atoms with E-state index in [1.54, 1.807) is 0 Å². The zero-order valence-electron chi connectivity index (χ0n) is 7.54. The van der Waals surface area contributed by atoms with E-state index in [9.17, 15) is 0 Å². The van der Waals surface area contributed by atoms with Gasteiger partial charge in [0.05, 0.1) is 0 Å². The van der Waals surface area contributed by atoms with E-state index in [-0.39, 0.29) is 0 Å². The third kappa shape index (κ3) is 0.663. The number of rotatable bonds is 1. The highest BCUT2D eigenvalue weighted by Gasteiger charge is 2.70. The molecule has 0 aromatic carbocycles. The lowest BCUT2D eigenvalue weighted by Crippen LogP contribution is -2.35. The predicted octanol–water partition coefficient (Wildman–Crippen LogP) is 3.17. The molecule has 70 valence electrons. The predicted molar refractivity (Wildman–Crippen MR) is 49.4 cm³/mol. The highest BCUT2D eigenvalue weighted by molar-refractivity contribution is 6.25. The molecule has 0 aromatic heterocycles. The van der Waals surface area contributed by atoms with Crippen LogP contribution in [0.2, 0.25) is 0 Å². The Balaban J connectivity index is 1.81. The first kappa shape index (κ1) is 7.22. The summed E-state index contributed by atoms with van der Waals surface area (Å²) >= 11 is 6.39. The number of nitrogens with zero attached hydrogens (tertiary/aromatic N) is 2. The Labute approximate surface area is 82.8 Å². The average Bonchev–Trinajstić information content (AvgIpc) is 2.72. The van der Waals surface area contributed by atoms with Crippen molar-refractivity contribution in [3.8, 4) is 0 Å². The van der Waals surface area contributed by atoms with Crippen molar-refractivity contribution in [3.63, 3.8) is 0 Å². The Hall–Kier alpha value is -0.110. The van der Waals surface area contributed by atoms with Crippen LogP contribution < -0.4 is 0 Å². The summed E-state index contributed by atoms with van der Waals surface area (Å²) in [4.78, 5) is 0. The van der Waals surface area contributed by atoms with Crippen LogP contribution in [0.25, 0.3) is 0 Å². The second kappa shape index (κ2) is 1.81. The largest absolute Gasteiger partial charge is 0.269 e. The molecular weight excluding hydrogens is 184 g/mol. The van der Waals surface area contributed by atoms with Gasteiger partial charge in [-0.05, 0) is 49.9 Å². The summed E-state index contributed by atoms with van der Waals surface area (Å²) in [7, 11) is 0.